The zero-order chi connectivity index (χ0) is 11.0. The van der Waals surface area contributed by atoms with Gasteiger partial charge in [0.25, 0.3) is 0 Å². The molecule has 84 valence electrons. The van der Waals surface area contributed by atoms with Crippen molar-refractivity contribution in [1.29, 1.82) is 0 Å². The summed E-state index contributed by atoms with van der Waals surface area (Å²) in [6, 6.07) is 0. The molecule has 4 heteroatoms. The summed E-state index contributed by atoms with van der Waals surface area (Å²) in [5.74, 6) is 1.73. The fourth-order valence-corrected chi connectivity index (χ4v) is 1.99. The number of anilines is 1. The van der Waals surface area contributed by atoms with Crippen LogP contribution in [-0.4, -0.2) is 28.3 Å². The molecule has 1 aromatic rings. The number of hydrogen-bond donors (Lipinski definition) is 1. The molecule has 0 bridgehead atoms. The van der Waals surface area contributed by atoms with Crippen LogP contribution in [0.2, 0.25) is 0 Å². The summed E-state index contributed by atoms with van der Waals surface area (Å²) in [6.07, 6.45) is 2.79. The van der Waals surface area contributed by atoms with Crippen LogP contribution in [0.5, 0.6) is 0 Å². The van der Waals surface area contributed by atoms with E-state index in [0.717, 1.165) is 24.0 Å². The molecular weight excluding hydrogens is 188 g/mol. The minimum Gasteiger partial charge on any atom is -0.384 e. The Morgan fingerprint density at radius 1 is 1.53 bits per heavy atom. The first-order valence-corrected chi connectivity index (χ1v) is 5.54. The zero-order valence-electron chi connectivity index (χ0n) is 9.82. The lowest BCUT2D eigenvalue weighted by Crippen LogP contribution is -2.21. The predicted octanol–water partition coefficient (Wildman–Crippen LogP) is 1.15. The van der Waals surface area contributed by atoms with Crippen molar-refractivity contribution in [3.05, 3.63) is 11.3 Å². The molecule has 0 unspecified atom stereocenters. The number of nitrogens with two attached hydrogens (primary N) is 1. The van der Waals surface area contributed by atoms with Gasteiger partial charge in [0.05, 0.1) is 5.69 Å². The third-order valence-corrected chi connectivity index (χ3v) is 3.09. The second kappa shape index (κ2) is 3.85. The van der Waals surface area contributed by atoms with Crippen molar-refractivity contribution < 1.29 is 0 Å². The third kappa shape index (κ3) is 2.31. The molecule has 1 aliphatic rings. The number of rotatable bonds is 4. The van der Waals surface area contributed by atoms with Crippen molar-refractivity contribution in [1.82, 2.24) is 14.7 Å². The molecule has 0 spiro atoms. The van der Waals surface area contributed by atoms with Crippen LogP contribution >= 0.6 is 0 Å². The van der Waals surface area contributed by atoms with E-state index >= 15 is 0 Å². The monoisotopic (exact) mass is 208 g/mol. The normalized spacial score (nSPS) is 16.3. The zero-order valence-corrected chi connectivity index (χ0v) is 9.82. The second-order valence-electron chi connectivity index (χ2n) is 4.71. The van der Waals surface area contributed by atoms with Crippen LogP contribution in [0.3, 0.4) is 0 Å². The molecule has 0 atom stereocenters. The Morgan fingerprint density at radius 2 is 2.20 bits per heavy atom. The molecule has 0 amide bonds. The Labute approximate surface area is 91.1 Å². The highest BCUT2D eigenvalue weighted by atomic mass is 15.3. The lowest BCUT2D eigenvalue weighted by Gasteiger charge is -2.16. The topological polar surface area (TPSA) is 47.1 Å². The first-order chi connectivity index (χ1) is 7.08. The van der Waals surface area contributed by atoms with E-state index < -0.39 is 0 Å². The van der Waals surface area contributed by atoms with Crippen LogP contribution < -0.4 is 5.73 Å². The van der Waals surface area contributed by atoms with Crippen LogP contribution in [-0.2, 0) is 13.6 Å². The molecule has 15 heavy (non-hydrogen) atoms. The van der Waals surface area contributed by atoms with Crippen LogP contribution in [0, 0.1) is 12.8 Å². The standard InChI is InChI=1S/C11H20N4/c1-8-10(11(12)15(3)13-8)7-14(2)6-9-4-5-9/h9H,4-7,12H2,1-3H3. The van der Waals surface area contributed by atoms with E-state index in [0.29, 0.717) is 0 Å². The number of aromatic nitrogens is 2. The van der Waals surface area contributed by atoms with E-state index in [4.69, 9.17) is 5.73 Å². The van der Waals surface area contributed by atoms with E-state index in [1.54, 1.807) is 4.68 Å². The van der Waals surface area contributed by atoms with Gasteiger partial charge in [-0.2, -0.15) is 5.10 Å². The Bertz CT molecular complexity index is 352. The predicted molar refractivity (Wildman–Crippen MR) is 61.4 cm³/mol. The molecule has 1 heterocycles. The van der Waals surface area contributed by atoms with E-state index in [1.165, 1.54) is 24.9 Å². The Hall–Kier alpha value is -1.03. The van der Waals surface area contributed by atoms with Gasteiger partial charge < -0.3 is 10.6 Å². The molecule has 1 aliphatic carbocycles. The SMILES string of the molecule is Cc1nn(C)c(N)c1CN(C)CC1CC1. The third-order valence-electron chi connectivity index (χ3n) is 3.09. The van der Waals surface area contributed by atoms with Gasteiger partial charge in [0.2, 0.25) is 0 Å². The molecule has 1 aromatic heterocycles. The lowest BCUT2D eigenvalue weighted by molar-refractivity contribution is 0.313. The summed E-state index contributed by atoms with van der Waals surface area (Å²) in [5.41, 5.74) is 8.21. The molecule has 0 radical (unpaired) electrons. The van der Waals surface area contributed by atoms with Crippen LogP contribution in [0.25, 0.3) is 0 Å². The van der Waals surface area contributed by atoms with E-state index in [1.807, 2.05) is 14.0 Å². The van der Waals surface area contributed by atoms with Crippen molar-refractivity contribution in [2.75, 3.05) is 19.3 Å². The lowest BCUT2D eigenvalue weighted by atomic mass is 10.2. The first-order valence-electron chi connectivity index (χ1n) is 5.54. The summed E-state index contributed by atoms with van der Waals surface area (Å²) < 4.78 is 1.76. The van der Waals surface area contributed by atoms with Crippen LogP contribution in [0.4, 0.5) is 5.82 Å². The van der Waals surface area contributed by atoms with E-state index in [9.17, 15) is 0 Å². The van der Waals surface area contributed by atoms with Crippen molar-refractivity contribution in [3.8, 4) is 0 Å². The van der Waals surface area contributed by atoms with Gasteiger partial charge >= 0.3 is 0 Å². The number of nitrogens with zero attached hydrogens (tertiary/aromatic N) is 3. The van der Waals surface area contributed by atoms with Crippen LogP contribution in [0.15, 0.2) is 0 Å². The van der Waals surface area contributed by atoms with Gasteiger partial charge in [0, 0.05) is 25.7 Å². The summed E-state index contributed by atoms with van der Waals surface area (Å²) in [7, 11) is 4.05. The Balaban J connectivity index is 2.01. The molecule has 2 rings (SSSR count). The highest BCUT2D eigenvalue weighted by molar-refractivity contribution is 5.42. The second-order valence-corrected chi connectivity index (χ2v) is 4.71. The van der Waals surface area contributed by atoms with Crippen molar-refractivity contribution in [2.45, 2.75) is 26.3 Å². The summed E-state index contributed by atoms with van der Waals surface area (Å²) >= 11 is 0. The van der Waals surface area contributed by atoms with Gasteiger partial charge in [-0.25, -0.2) is 0 Å². The fourth-order valence-electron chi connectivity index (χ4n) is 1.99. The summed E-state index contributed by atoms with van der Waals surface area (Å²) in [4.78, 5) is 2.35. The van der Waals surface area contributed by atoms with Gasteiger partial charge in [0.1, 0.15) is 5.82 Å². The van der Waals surface area contributed by atoms with Gasteiger partial charge in [0.15, 0.2) is 0 Å². The molecule has 1 fully saturated rings. The minimum absolute atomic E-state index is 0.801. The average molecular weight is 208 g/mol. The smallest absolute Gasteiger partial charge is 0.126 e. The summed E-state index contributed by atoms with van der Waals surface area (Å²) in [6.45, 7) is 4.13. The van der Waals surface area contributed by atoms with Crippen molar-refractivity contribution in [3.63, 3.8) is 0 Å². The maximum absolute atomic E-state index is 5.97. The maximum atomic E-state index is 5.97. The Morgan fingerprint density at radius 3 is 2.67 bits per heavy atom. The number of nitrogen functional groups attached to an aromatic ring is 1. The maximum Gasteiger partial charge on any atom is 0.126 e. The molecule has 4 nitrogen and oxygen atoms in total. The molecule has 0 saturated heterocycles. The van der Waals surface area contributed by atoms with Crippen LogP contribution in [0.1, 0.15) is 24.1 Å². The van der Waals surface area contributed by atoms with Crippen molar-refractivity contribution >= 4 is 5.82 Å². The van der Waals surface area contributed by atoms with Gasteiger partial charge in [-0.05, 0) is 32.7 Å². The number of aryl methyl sites for hydroxylation is 2. The highest BCUT2D eigenvalue weighted by Crippen LogP contribution is 2.30. The quantitative estimate of drug-likeness (QED) is 0.807. The van der Waals surface area contributed by atoms with Gasteiger partial charge in [-0.3, -0.25) is 4.68 Å². The Kier molecular flexibility index (Phi) is 2.69. The van der Waals surface area contributed by atoms with Crippen molar-refractivity contribution in [2.24, 2.45) is 13.0 Å². The van der Waals surface area contributed by atoms with E-state index in [-0.39, 0.29) is 0 Å². The van der Waals surface area contributed by atoms with Gasteiger partial charge in [-0.1, -0.05) is 0 Å². The summed E-state index contributed by atoms with van der Waals surface area (Å²) in [5, 5.41) is 4.32. The van der Waals surface area contributed by atoms with Gasteiger partial charge in [-0.15, -0.1) is 0 Å². The fraction of sp³-hybridized carbons (Fsp3) is 0.727. The molecule has 0 aliphatic heterocycles. The molecule has 2 N–H and O–H groups in total. The largest absolute Gasteiger partial charge is 0.384 e. The van der Waals surface area contributed by atoms with E-state index in [2.05, 4.69) is 17.0 Å². The highest BCUT2D eigenvalue weighted by Gasteiger charge is 2.23. The number of hydrogen-bond acceptors (Lipinski definition) is 3. The minimum atomic E-state index is 0.801. The molecule has 0 aromatic carbocycles. The average Bonchev–Trinajstić information content (AvgIpc) is 2.92. The first kappa shape index (κ1) is 10.5. The molecular formula is C11H20N4. The molecule has 1 saturated carbocycles.